The summed E-state index contributed by atoms with van der Waals surface area (Å²) in [4.78, 5) is 51.2. The van der Waals surface area contributed by atoms with Crippen LogP contribution in [0.3, 0.4) is 0 Å². The molecule has 1 fully saturated rings. The van der Waals surface area contributed by atoms with Crippen LogP contribution in [0.1, 0.15) is 34.2 Å². The van der Waals surface area contributed by atoms with Crippen molar-refractivity contribution in [3.63, 3.8) is 0 Å². The third-order valence-corrected chi connectivity index (χ3v) is 6.85. The molecule has 9 nitrogen and oxygen atoms in total. The van der Waals surface area contributed by atoms with Gasteiger partial charge in [0.15, 0.2) is 0 Å². The van der Waals surface area contributed by atoms with Crippen LogP contribution in [0.25, 0.3) is 11.8 Å². The molecule has 3 amide bonds. The quantitative estimate of drug-likeness (QED) is 0.322. The van der Waals surface area contributed by atoms with Gasteiger partial charge in [-0.05, 0) is 98.8 Å². The van der Waals surface area contributed by atoms with Gasteiger partial charge in [0, 0.05) is 22.8 Å². The molecule has 0 saturated carbocycles. The summed E-state index contributed by atoms with van der Waals surface area (Å²) in [5.74, 6) is -0.738. The highest BCUT2D eigenvalue weighted by molar-refractivity contribution is 8.18. The van der Waals surface area contributed by atoms with E-state index in [0.717, 1.165) is 39.3 Å². The smallest absolute Gasteiger partial charge is 0.338 e. The number of nitrogens with one attached hydrogen (secondary N) is 1. The summed E-state index contributed by atoms with van der Waals surface area (Å²) >= 11 is 0.801. The molecule has 0 spiro atoms. The lowest BCUT2D eigenvalue weighted by atomic mass is 10.2. The highest BCUT2D eigenvalue weighted by atomic mass is 32.2. The minimum Gasteiger partial charge on any atom is -0.497 e. The van der Waals surface area contributed by atoms with Crippen LogP contribution in [0, 0.1) is 13.8 Å². The average molecular weight is 534 g/mol. The molecule has 0 atom stereocenters. The average Bonchev–Trinajstić information content (AvgIpc) is 3.33. The number of nitrogens with zero attached hydrogens (tertiary/aromatic N) is 2. The van der Waals surface area contributed by atoms with E-state index in [4.69, 9.17) is 9.47 Å². The summed E-state index contributed by atoms with van der Waals surface area (Å²) < 4.78 is 12.1. The van der Waals surface area contributed by atoms with E-state index in [1.54, 1.807) is 56.5 Å². The van der Waals surface area contributed by atoms with Gasteiger partial charge in [0.05, 0.1) is 24.2 Å². The molecule has 2 heterocycles. The van der Waals surface area contributed by atoms with Crippen LogP contribution in [0.4, 0.5) is 10.5 Å². The molecule has 1 N–H and O–H groups in total. The molecule has 2 aromatic carbocycles. The van der Waals surface area contributed by atoms with Crippen molar-refractivity contribution >= 4 is 46.5 Å². The molecule has 1 aliphatic rings. The van der Waals surface area contributed by atoms with Crippen LogP contribution < -0.4 is 10.1 Å². The standard InChI is InChI=1S/C28H27N3O6S/c1-5-37-27(34)19-6-10-22(11-7-19)31-17(2)14-20(18(31)3)15-24-26(33)30(28(35)38-24)16-25(32)29-21-8-12-23(36-4)13-9-21/h6-15H,5,16H2,1-4H3,(H,29,32)/b24-15+. The molecule has 196 valence electrons. The summed E-state index contributed by atoms with van der Waals surface area (Å²) in [5.41, 5.74) is 4.37. The van der Waals surface area contributed by atoms with E-state index in [0.29, 0.717) is 23.6 Å². The summed E-state index contributed by atoms with van der Waals surface area (Å²) in [6.07, 6.45) is 1.66. The van der Waals surface area contributed by atoms with Crippen molar-refractivity contribution in [3.05, 3.63) is 82.0 Å². The summed E-state index contributed by atoms with van der Waals surface area (Å²) in [6.45, 7) is 5.51. The third-order valence-electron chi connectivity index (χ3n) is 5.94. The van der Waals surface area contributed by atoms with Crippen LogP contribution >= 0.6 is 11.8 Å². The number of hydrogen-bond acceptors (Lipinski definition) is 7. The molecule has 1 aliphatic heterocycles. The maximum Gasteiger partial charge on any atom is 0.338 e. The van der Waals surface area contributed by atoms with Gasteiger partial charge in [-0.3, -0.25) is 19.3 Å². The number of hydrogen-bond donors (Lipinski definition) is 1. The zero-order valence-corrected chi connectivity index (χ0v) is 22.3. The first kappa shape index (κ1) is 26.7. The maximum absolute atomic E-state index is 13.0. The number of aromatic nitrogens is 1. The second-order valence-corrected chi connectivity index (χ2v) is 9.47. The predicted molar refractivity (Wildman–Crippen MR) is 146 cm³/mol. The van der Waals surface area contributed by atoms with Crippen molar-refractivity contribution < 1.29 is 28.7 Å². The van der Waals surface area contributed by atoms with Crippen LogP contribution in [0.5, 0.6) is 5.75 Å². The van der Waals surface area contributed by atoms with Crippen LogP contribution in [-0.2, 0) is 14.3 Å². The Labute approximate surface area is 224 Å². The molecular weight excluding hydrogens is 506 g/mol. The minimum absolute atomic E-state index is 0.241. The van der Waals surface area contributed by atoms with Crippen LogP contribution in [0.15, 0.2) is 59.5 Å². The second-order valence-electron chi connectivity index (χ2n) is 8.47. The molecule has 0 bridgehead atoms. The van der Waals surface area contributed by atoms with Gasteiger partial charge >= 0.3 is 5.97 Å². The molecule has 0 radical (unpaired) electrons. The fourth-order valence-corrected chi connectivity index (χ4v) is 4.92. The zero-order chi connectivity index (χ0) is 27.4. The van der Waals surface area contributed by atoms with E-state index in [1.807, 2.05) is 36.6 Å². The van der Waals surface area contributed by atoms with E-state index in [2.05, 4.69) is 5.32 Å². The molecule has 10 heteroatoms. The van der Waals surface area contributed by atoms with Gasteiger partial charge in [-0.15, -0.1) is 0 Å². The highest BCUT2D eigenvalue weighted by Gasteiger charge is 2.36. The molecule has 1 saturated heterocycles. The first-order valence-electron chi connectivity index (χ1n) is 11.9. The number of carbonyl (C=O) groups is 4. The van der Waals surface area contributed by atoms with Crippen molar-refractivity contribution in [2.75, 3.05) is 25.6 Å². The van der Waals surface area contributed by atoms with Gasteiger partial charge in [-0.1, -0.05) is 0 Å². The summed E-state index contributed by atoms with van der Waals surface area (Å²) in [7, 11) is 1.55. The fourth-order valence-electron chi connectivity index (χ4n) is 4.09. The number of ether oxygens (including phenoxy) is 2. The molecule has 0 unspecified atom stereocenters. The minimum atomic E-state index is -0.520. The van der Waals surface area contributed by atoms with Gasteiger partial charge in [0.2, 0.25) is 5.91 Å². The Hall–Kier alpha value is -4.31. The summed E-state index contributed by atoms with van der Waals surface area (Å²) in [6, 6.07) is 15.7. The Morgan fingerprint density at radius 1 is 1.03 bits per heavy atom. The molecule has 0 aliphatic carbocycles. The molecule has 3 aromatic rings. The Bertz CT molecular complexity index is 1420. The monoisotopic (exact) mass is 533 g/mol. The van der Waals surface area contributed by atoms with Crippen molar-refractivity contribution in [3.8, 4) is 11.4 Å². The number of rotatable bonds is 8. The van der Waals surface area contributed by atoms with Gasteiger partial charge in [0.25, 0.3) is 11.1 Å². The van der Waals surface area contributed by atoms with E-state index in [-0.39, 0.29) is 17.4 Å². The van der Waals surface area contributed by atoms with Gasteiger partial charge in [-0.2, -0.15) is 0 Å². The number of methoxy groups -OCH3 is 1. The Morgan fingerprint density at radius 3 is 2.34 bits per heavy atom. The molecule has 1 aromatic heterocycles. The van der Waals surface area contributed by atoms with E-state index >= 15 is 0 Å². The topological polar surface area (TPSA) is 107 Å². The van der Waals surface area contributed by atoms with Crippen molar-refractivity contribution in [2.24, 2.45) is 0 Å². The lowest BCUT2D eigenvalue weighted by Gasteiger charge is -2.12. The number of esters is 1. The molecule has 38 heavy (non-hydrogen) atoms. The maximum atomic E-state index is 13.0. The Kier molecular flexibility index (Phi) is 8.02. The number of thioether (sulfide) groups is 1. The molecule has 4 rings (SSSR count). The lowest BCUT2D eigenvalue weighted by molar-refractivity contribution is -0.127. The number of benzene rings is 2. The van der Waals surface area contributed by atoms with Crippen LogP contribution in [0.2, 0.25) is 0 Å². The van der Waals surface area contributed by atoms with E-state index in [1.165, 1.54) is 0 Å². The first-order valence-corrected chi connectivity index (χ1v) is 12.7. The summed E-state index contributed by atoms with van der Waals surface area (Å²) in [5, 5.41) is 2.18. The van der Waals surface area contributed by atoms with E-state index in [9.17, 15) is 19.2 Å². The zero-order valence-electron chi connectivity index (χ0n) is 21.4. The second kappa shape index (κ2) is 11.4. The normalized spacial score (nSPS) is 14.2. The number of carbonyl (C=O) groups excluding carboxylic acids is 4. The number of imide groups is 1. The fraction of sp³-hybridized carbons (Fsp3) is 0.214. The van der Waals surface area contributed by atoms with Gasteiger partial charge in [0.1, 0.15) is 12.3 Å². The van der Waals surface area contributed by atoms with E-state index < -0.39 is 17.1 Å². The number of amides is 3. The third kappa shape index (κ3) is 5.65. The number of anilines is 1. The van der Waals surface area contributed by atoms with Crippen LogP contribution in [-0.4, -0.2) is 52.8 Å². The SMILES string of the molecule is CCOC(=O)c1ccc(-n2c(C)cc(/C=C3/SC(=O)N(CC(=O)Nc4ccc(OC)cc4)C3=O)c2C)cc1. The predicted octanol–water partition coefficient (Wildman–Crippen LogP) is 4.95. The highest BCUT2D eigenvalue weighted by Crippen LogP contribution is 2.34. The molecular formula is C28H27N3O6S. The Morgan fingerprint density at radius 2 is 1.71 bits per heavy atom. The number of aryl methyl sites for hydroxylation is 1. The lowest BCUT2D eigenvalue weighted by Crippen LogP contribution is -2.36. The van der Waals surface area contributed by atoms with Crippen molar-refractivity contribution in [1.82, 2.24) is 9.47 Å². The largest absolute Gasteiger partial charge is 0.497 e. The van der Waals surface area contributed by atoms with Crippen molar-refractivity contribution in [1.29, 1.82) is 0 Å². The van der Waals surface area contributed by atoms with Crippen molar-refractivity contribution in [2.45, 2.75) is 20.8 Å². The van der Waals surface area contributed by atoms with Gasteiger partial charge < -0.3 is 19.4 Å². The van der Waals surface area contributed by atoms with Gasteiger partial charge in [-0.25, -0.2) is 4.79 Å². The first-order chi connectivity index (χ1) is 18.2. The Balaban J connectivity index is 1.49.